The molecule has 0 aliphatic heterocycles. The van der Waals surface area contributed by atoms with Gasteiger partial charge in [-0.3, -0.25) is 9.36 Å². The van der Waals surface area contributed by atoms with Crippen molar-refractivity contribution in [2.24, 2.45) is 0 Å². The lowest BCUT2D eigenvalue weighted by Gasteiger charge is -2.13. The van der Waals surface area contributed by atoms with Crippen LogP contribution in [0.2, 0.25) is 10.0 Å². The van der Waals surface area contributed by atoms with Crippen molar-refractivity contribution in [3.63, 3.8) is 0 Å². The van der Waals surface area contributed by atoms with E-state index in [0.717, 1.165) is 35.4 Å². The molecule has 0 aliphatic carbocycles. The maximum absolute atomic E-state index is 12.8. The fraction of sp³-hybridized carbons (Fsp3) is 0.160. The summed E-state index contributed by atoms with van der Waals surface area (Å²) in [7, 11) is 0. The molecule has 1 heterocycles. The molecule has 0 fully saturated rings. The summed E-state index contributed by atoms with van der Waals surface area (Å²) in [6.07, 6.45) is -4.48. The lowest BCUT2D eigenvalue weighted by atomic mass is 10.1. The zero-order valence-electron chi connectivity index (χ0n) is 18.8. The molecule has 11 heteroatoms. The summed E-state index contributed by atoms with van der Waals surface area (Å²) in [6.45, 7) is 1.97. The molecule has 4 aromatic rings. The zero-order valence-corrected chi connectivity index (χ0v) is 21.1. The fourth-order valence-electron chi connectivity index (χ4n) is 3.43. The first-order valence-corrected chi connectivity index (χ1v) is 12.4. The average molecular weight is 551 g/mol. The molecule has 1 amide bonds. The topological polar surface area (TPSA) is 59.8 Å². The van der Waals surface area contributed by atoms with E-state index in [1.807, 2.05) is 25.1 Å². The van der Waals surface area contributed by atoms with Gasteiger partial charge in [0.05, 0.1) is 22.8 Å². The van der Waals surface area contributed by atoms with Crippen LogP contribution >= 0.6 is 35.0 Å². The Morgan fingerprint density at radius 3 is 2.47 bits per heavy atom. The Bertz CT molecular complexity index is 1390. The molecule has 36 heavy (non-hydrogen) atoms. The average Bonchev–Trinajstić information content (AvgIpc) is 3.25. The summed E-state index contributed by atoms with van der Waals surface area (Å²) in [5.41, 5.74) is 2.04. The van der Waals surface area contributed by atoms with Crippen molar-refractivity contribution in [2.45, 2.75) is 30.6 Å². The standard InChI is InChI=1S/C25H19Cl2F3N4OS/c1-15-3-2-4-16(11-15)14-36-24-33-32-22(34(24)21-12-19(26)9-10-20(21)27)13-31-23(35)17-5-7-18(8-6-17)25(28,29)30/h2-12H,13-14H2,1H3,(H,31,35). The lowest BCUT2D eigenvalue weighted by molar-refractivity contribution is -0.137. The van der Waals surface area contributed by atoms with Gasteiger partial charge in [0.1, 0.15) is 0 Å². The predicted octanol–water partition coefficient (Wildman–Crippen LogP) is 7.12. The van der Waals surface area contributed by atoms with Gasteiger partial charge in [-0.2, -0.15) is 13.2 Å². The second-order valence-electron chi connectivity index (χ2n) is 7.87. The monoisotopic (exact) mass is 550 g/mol. The SMILES string of the molecule is Cc1cccc(CSc2nnc(CNC(=O)c3ccc(C(F)(F)F)cc3)n2-c2cc(Cl)ccc2Cl)c1. The Morgan fingerprint density at radius 1 is 1.03 bits per heavy atom. The van der Waals surface area contributed by atoms with Crippen molar-refractivity contribution in [1.29, 1.82) is 0 Å². The maximum atomic E-state index is 12.8. The number of halogens is 5. The van der Waals surface area contributed by atoms with Gasteiger partial charge in [0.2, 0.25) is 0 Å². The van der Waals surface area contributed by atoms with Crippen LogP contribution in [0.3, 0.4) is 0 Å². The van der Waals surface area contributed by atoms with Crippen LogP contribution < -0.4 is 5.32 Å². The van der Waals surface area contributed by atoms with Gasteiger partial charge in [0.15, 0.2) is 11.0 Å². The van der Waals surface area contributed by atoms with Crippen molar-refractivity contribution in [1.82, 2.24) is 20.1 Å². The molecule has 1 N–H and O–H groups in total. The quantitative estimate of drug-likeness (QED) is 0.249. The van der Waals surface area contributed by atoms with Crippen molar-refractivity contribution >= 4 is 40.9 Å². The second-order valence-corrected chi connectivity index (χ2v) is 9.65. The molecule has 186 valence electrons. The number of thioether (sulfide) groups is 1. The summed E-state index contributed by atoms with van der Waals surface area (Å²) in [4.78, 5) is 12.6. The molecule has 4 rings (SSSR count). The molecule has 0 bridgehead atoms. The Kier molecular flexibility index (Phi) is 7.92. The molecule has 0 saturated heterocycles. The van der Waals surface area contributed by atoms with Crippen molar-refractivity contribution in [2.75, 3.05) is 0 Å². The molecule has 0 spiro atoms. The Balaban J connectivity index is 1.58. The summed E-state index contributed by atoms with van der Waals surface area (Å²) >= 11 is 14.1. The smallest absolute Gasteiger partial charge is 0.345 e. The van der Waals surface area contributed by atoms with E-state index in [1.165, 1.54) is 11.8 Å². The van der Waals surface area contributed by atoms with Crippen LogP contribution in [0.1, 0.15) is 32.9 Å². The van der Waals surface area contributed by atoms with Gasteiger partial charge in [-0.15, -0.1) is 10.2 Å². The molecular formula is C25H19Cl2F3N4OS. The van der Waals surface area contributed by atoms with Crippen molar-refractivity contribution in [3.8, 4) is 5.69 Å². The first kappa shape index (κ1) is 26.1. The maximum Gasteiger partial charge on any atom is 0.416 e. The van der Waals surface area contributed by atoms with E-state index >= 15 is 0 Å². The molecule has 0 radical (unpaired) electrons. The number of benzene rings is 3. The van der Waals surface area contributed by atoms with Crippen LogP contribution in [-0.2, 0) is 18.5 Å². The van der Waals surface area contributed by atoms with Gasteiger partial charge < -0.3 is 5.32 Å². The molecule has 0 unspecified atom stereocenters. The first-order valence-electron chi connectivity index (χ1n) is 10.7. The number of hydrogen-bond acceptors (Lipinski definition) is 4. The van der Waals surface area contributed by atoms with Crippen LogP contribution in [0, 0.1) is 6.92 Å². The molecule has 3 aromatic carbocycles. The highest BCUT2D eigenvalue weighted by Crippen LogP contribution is 2.31. The minimum atomic E-state index is -4.48. The number of hydrogen-bond donors (Lipinski definition) is 1. The second kappa shape index (κ2) is 10.9. The van der Waals surface area contributed by atoms with Crippen LogP contribution in [0.5, 0.6) is 0 Å². The van der Waals surface area contributed by atoms with Crippen molar-refractivity contribution in [3.05, 3.63) is 105 Å². The molecule has 0 aliphatic rings. The normalized spacial score (nSPS) is 11.5. The summed E-state index contributed by atoms with van der Waals surface area (Å²) in [5, 5.41) is 12.6. The van der Waals surface area contributed by atoms with Gasteiger partial charge >= 0.3 is 6.18 Å². The first-order chi connectivity index (χ1) is 17.1. The molecule has 0 saturated carbocycles. The summed E-state index contributed by atoms with van der Waals surface area (Å²) in [5.74, 6) is 0.450. The Labute approximate surface area is 219 Å². The Hall–Kier alpha value is -3.01. The van der Waals surface area contributed by atoms with Gasteiger partial charge in [-0.05, 0) is 55.0 Å². The number of aryl methyl sites for hydroxylation is 1. The number of carbonyl (C=O) groups is 1. The Morgan fingerprint density at radius 2 is 1.78 bits per heavy atom. The summed E-state index contributed by atoms with van der Waals surface area (Å²) in [6, 6.07) is 17.0. The van der Waals surface area contributed by atoms with E-state index in [4.69, 9.17) is 23.2 Å². The number of alkyl halides is 3. The van der Waals surface area contributed by atoms with E-state index in [2.05, 4.69) is 21.6 Å². The summed E-state index contributed by atoms with van der Waals surface area (Å²) < 4.78 is 40.1. The minimum Gasteiger partial charge on any atom is -0.345 e. The fourth-order valence-corrected chi connectivity index (χ4v) is 4.70. The molecule has 1 aromatic heterocycles. The van der Waals surface area contributed by atoms with E-state index in [-0.39, 0.29) is 12.1 Å². The van der Waals surface area contributed by atoms with E-state index in [9.17, 15) is 18.0 Å². The van der Waals surface area contributed by atoms with Gasteiger partial charge in [0, 0.05) is 16.3 Å². The van der Waals surface area contributed by atoms with Crippen LogP contribution in [0.4, 0.5) is 13.2 Å². The van der Waals surface area contributed by atoms with Gasteiger partial charge in [-0.25, -0.2) is 0 Å². The van der Waals surface area contributed by atoms with E-state index in [0.29, 0.717) is 32.5 Å². The van der Waals surface area contributed by atoms with E-state index < -0.39 is 17.6 Å². The largest absolute Gasteiger partial charge is 0.416 e. The minimum absolute atomic E-state index is 0.0410. The third-order valence-electron chi connectivity index (χ3n) is 5.18. The number of nitrogens with zero attached hydrogens (tertiary/aromatic N) is 3. The molecule has 0 atom stereocenters. The van der Waals surface area contributed by atoms with Crippen LogP contribution in [0.15, 0.2) is 71.9 Å². The predicted molar refractivity (Wildman–Crippen MR) is 135 cm³/mol. The number of amides is 1. The van der Waals surface area contributed by atoms with Gasteiger partial charge in [0.25, 0.3) is 5.91 Å². The van der Waals surface area contributed by atoms with Crippen LogP contribution in [0.25, 0.3) is 5.69 Å². The van der Waals surface area contributed by atoms with Gasteiger partial charge in [-0.1, -0.05) is 64.8 Å². The van der Waals surface area contributed by atoms with Crippen molar-refractivity contribution < 1.29 is 18.0 Å². The number of aromatic nitrogens is 3. The lowest BCUT2D eigenvalue weighted by Crippen LogP contribution is -2.24. The highest BCUT2D eigenvalue weighted by Gasteiger charge is 2.30. The number of carbonyl (C=O) groups excluding carboxylic acids is 1. The highest BCUT2D eigenvalue weighted by atomic mass is 35.5. The highest BCUT2D eigenvalue weighted by molar-refractivity contribution is 7.98. The number of nitrogens with one attached hydrogen (secondary N) is 1. The third kappa shape index (κ3) is 6.21. The number of rotatable bonds is 7. The molecule has 5 nitrogen and oxygen atoms in total. The third-order valence-corrected chi connectivity index (χ3v) is 6.74. The van der Waals surface area contributed by atoms with Crippen LogP contribution in [-0.4, -0.2) is 20.7 Å². The van der Waals surface area contributed by atoms with E-state index in [1.54, 1.807) is 22.8 Å². The molecular weight excluding hydrogens is 532 g/mol. The zero-order chi connectivity index (χ0) is 25.9.